The number of hydrogen-bond donors (Lipinski definition) is 0. The van der Waals surface area contributed by atoms with Crippen LogP contribution in [0.3, 0.4) is 0 Å². The van der Waals surface area contributed by atoms with Crippen molar-refractivity contribution in [3.8, 4) is 10.6 Å². The Balaban J connectivity index is 1.84. The van der Waals surface area contributed by atoms with Crippen molar-refractivity contribution < 1.29 is 0 Å². The molecule has 0 fully saturated rings. The van der Waals surface area contributed by atoms with E-state index >= 15 is 0 Å². The highest BCUT2D eigenvalue weighted by Crippen LogP contribution is 2.27. The monoisotopic (exact) mass is 437 g/mol. The fourth-order valence-electron chi connectivity index (χ4n) is 2.66. The Morgan fingerprint density at radius 3 is 2.68 bits per heavy atom. The minimum Gasteiger partial charge on any atom is -0.298 e. The molecule has 0 saturated carbocycles. The second-order valence-electron chi connectivity index (χ2n) is 5.50. The van der Waals surface area contributed by atoms with Crippen molar-refractivity contribution >= 4 is 49.8 Å². The Kier molecular flexibility index (Phi) is 3.97. The summed E-state index contributed by atoms with van der Waals surface area (Å²) in [6, 6.07) is 2.03. The first-order valence-electron chi connectivity index (χ1n) is 7.26. The number of nitrogens with zero attached hydrogens (tertiary/aromatic N) is 5. The van der Waals surface area contributed by atoms with Crippen LogP contribution in [0.25, 0.3) is 21.7 Å². The third-order valence-corrected chi connectivity index (χ3v) is 6.16. The lowest BCUT2D eigenvalue weighted by Crippen LogP contribution is -2.37. The van der Waals surface area contributed by atoms with Gasteiger partial charge in [0.2, 0.25) is 0 Å². The first-order valence-corrected chi connectivity index (χ1v) is 9.87. The summed E-state index contributed by atoms with van der Waals surface area (Å²) in [6.07, 6.45) is 0. The molecule has 4 aromatic rings. The predicted octanol–water partition coefficient (Wildman–Crippen LogP) is 2.43. The van der Waals surface area contributed by atoms with Crippen LogP contribution in [-0.2, 0) is 20.6 Å². The van der Waals surface area contributed by atoms with Gasteiger partial charge in [0.05, 0.1) is 12.2 Å². The van der Waals surface area contributed by atoms with E-state index < -0.39 is 5.56 Å². The second-order valence-corrected chi connectivity index (χ2v) is 7.85. The predicted molar refractivity (Wildman–Crippen MR) is 102 cm³/mol. The topological polar surface area (TPSA) is 74.7 Å². The fourth-order valence-corrected chi connectivity index (χ4v) is 4.66. The highest BCUT2D eigenvalue weighted by atomic mass is 79.9. The maximum Gasteiger partial charge on any atom is 0.332 e. The van der Waals surface area contributed by atoms with Crippen LogP contribution in [0.1, 0.15) is 5.69 Å². The van der Waals surface area contributed by atoms with E-state index in [1.165, 1.54) is 11.6 Å². The highest BCUT2D eigenvalue weighted by molar-refractivity contribution is 9.10. The zero-order valence-corrected chi connectivity index (χ0v) is 16.5. The molecule has 0 aliphatic rings. The average Bonchev–Trinajstić information content (AvgIpc) is 3.32. The van der Waals surface area contributed by atoms with Crippen LogP contribution >= 0.6 is 38.6 Å². The second kappa shape index (κ2) is 6.04. The van der Waals surface area contributed by atoms with Crippen molar-refractivity contribution in [2.45, 2.75) is 6.54 Å². The summed E-state index contributed by atoms with van der Waals surface area (Å²) in [4.78, 5) is 33.5. The molecule has 0 saturated heterocycles. The van der Waals surface area contributed by atoms with Gasteiger partial charge in [-0.15, -0.1) is 11.3 Å². The number of thiazole rings is 1. The number of halogens is 1. The molecule has 7 nitrogen and oxygen atoms in total. The molecule has 4 aromatic heterocycles. The van der Waals surface area contributed by atoms with Crippen molar-refractivity contribution in [1.29, 1.82) is 0 Å². The van der Waals surface area contributed by atoms with Gasteiger partial charge in [0.1, 0.15) is 5.01 Å². The number of thiophene rings is 1. The summed E-state index contributed by atoms with van der Waals surface area (Å²) < 4.78 is 4.76. The summed E-state index contributed by atoms with van der Waals surface area (Å²) in [5.41, 5.74) is 1.88. The molecule has 0 aromatic carbocycles. The molecule has 0 radical (unpaired) electrons. The molecule has 25 heavy (non-hydrogen) atoms. The van der Waals surface area contributed by atoms with Gasteiger partial charge >= 0.3 is 5.69 Å². The van der Waals surface area contributed by atoms with Crippen molar-refractivity contribution in [1.82, 2.24) is 23.7 Å². The third-order valence-electron chi connectivity index (χ3n) is 3.93. The number of aryl methyl sites for hydroxylation is 1. The van der Waals surface area contributed by atoms with Crippen molar-refractivity contribution in [3.63, 3.8) is 0 Å². The number of rotatable bonds is 3. The van der Waals surface area contributed by atoms with Crippen molar-refractivity contribution in [2.24, 2.45) is 14.1 Å². The number of aromatic nitrogens is 5. The van der Waals surface area contributed by atoms with Gasteiger partial charge in [0.25, 0.3) is 5.56 Å². The fraction of sp³-hybridized carbons (Fsp3) is 0.200. The van der Waals surface area contributed by atoms with Gasteiger partial charge in [-0.3, -0.25) is 18.5 Å². The Hall–Kier alpha value is -2.04. The van der Waals surface area contributed by atoms with Crippen LogP contribution in [0.5, 0.6) is 0 Å². The quantitative estimate of drug-likeness (QED) is 0.461. The van der Waals surface area contributed by atoms with E-state index in [2.05, 4.69) is 31.3 Å². The number of hydrogen-bond acceptors (Lipinski definition) is 6. The lowest BCUT2D eigenvalue weighted by Gasteiger charge is -2.08. The molecule has 0 bridgehead atoms. The van der Waals surface area contributed by atoms with Gasteiger partial charge in [-0.2, -0.15) is 11.3 Å². The van der Waals surface area contributed by atoms with Crippen LogP contribution in [0, 0.1) is 0 Å². The van der Waals surface area contributed by atoms with Gasteiger partial charge in [-0.1, -0.05) is 0 Å². The molecule has 4 heterocycles. The van der Waals surface area contributed by atoms with Crippen LogP contribution in [0.4, 0.5) is 0 Å². The number of fused-ring (bicyclic) bond motifs is 1. The number of imidazole rings is 1. The Morgan fingerprint density at radius 2 is 1.96 bits per heavy atom. The van der Waals surface area contributed by atoms with E-state index in [9.17, 15) is 9.59 Å². The molecule has 0 aliphatic heterocycles. The van der Waals surface area contributed by atoms with E-state index in [1.54, 1.807) is 34.3 Å². The van der Waals surface area contributed by atoms with Gasteiger partial charge in [-0.05, 0) is 27.4 Å². The van der Waals surface area contributed by atoms with E-state index in [0.29, 0.717) is 16.9 Å². The maximum atomic E-state index is 12.3. The van der Waals surface area contributed by atoms with Crippen LogP contribution in [-0.4, -0.2) is 23.7 Å². The summed E-state index contributed by atoms with van der Waals surface area (Å²) in [6.45, 7) is 0.415. The van der Waals surface area contributed by atoms with Gasteiger partial charge < -0.3 is 0 Å². The smallest absolute Gasteiger partial charge is 0.298 e. The standard InChI is InChI=1S/C15H12BrN5O2S2/c1-19-12-10(13(22)20(2)15(19)23)18-14(16)21(12)5-9-7-25-11(17-9)8-3-4-24-6-8/h3-4,6-7H,5H2,1-2H3. The Morgan fingerprint density at radius 1 is 1.16 bits per heavy atom. The molecule has 4 rings (SSSR count). The molecular weight excluding hydrogens is 426 g/mol. The summed E-state index contributed by atoms with van der Waals surface area (Å²) in [7, 11) is 3.08. The minimum atomic E-state index is -0.408. The molecule has 0 N–H and O–H groups in total. The van der Waals surface area contributed by atoms with Crippen molar-refractivity contribution in [2.75, 3.05) is 0 Å². The summed E-state index contributed by atoms with van der Waals surface area (Å²) >= 11 is 6.59. The largest absolute Gasteiger partial charge is 0.332 e. The van der Waals surface area contributed by atoms with Gasteiger partial charge in [0.15, 0.2) is 15.9 Å². The molecule has 10 heteroatoms. The zero-order chi connectivity index (χ0) is 17.7. The molecule has 128 valence electrons. The van der Waals surface area contributed by atoms with E-state index in [4.69, 9.17) is 0 Å². The normalized spacial score (nSPS) is 11.5. The van der Waals surface area contributed by atoms with E-state index in [1.807, 2.05) is 16.8 Å². The van der Waals surface area contributed by atoms with E-state index in [-0.39, 0.29) is 11.2 Å². The summed E-state index contributed by atoms with van der Waals surface area (Å²) in [5.74, 6) is 0. The first kappa shape index (κ1) is 16.4. The average molecular weight is 438 g/mol. The SMILES string of the molecule is Cn1c(=O)c2nc(Br)n(Cc3csc(-c4ccsc4)n3)c2n(C)c1=O. The van der Waals surface area contributed by atoms with E-state index in [0.717, 1.165) is 20.8 Å². The first-order chi connectivity index (χ1) is 12.0. The zero-order valence-electron chi connectivity index (χ0n) is 13.3. The van der Waals surface area contributed by atoms with Crippen LogP contribution in [0.2, 0.25) is 0 Å². The molecule has 0 aliphatic carbocycles. The minimum absolute atomic E-state index is 0.254. The van der Waals surface area contributed by atoms with Crippen molar-refractivity contribution in [3.05, 3.63) is 53.5 Å². The third kappa shape index (κ3) is 2.60. The van der Waals surface area contributed by atoms with Crippen LogP contribution in [0.15, 0.2) is 36.5 Å². The summed E-state index contributed by atoms with van der Waals surface area (Å²) in [5, 5.41) is 6.99. The lowest BCUT2D eigenvalue weighted by molar-refractivity contribution is 0.682. The molecular formula is C15H12BrN5O2S2. The highest BCUT2D eigenvalue weighted by Gasteiger charge is 2.18. The molecule has 0 spiro atoms. The lowest BCUT2D eigenvalue weighted by atomic mass is 10.3. The molecule has 0 unspecified atom stereocenters. The van der Waals surface area contributed by atoms with Gasteiger partial charge in [0, 0.05) is 30.4 Å². The van der Waals surface area contributed by atoms with Gasteiger partial charge in [-0.25, -0.2) is 14.8 Å². The van der Waals surface area contributed by atoms with Crippen LogP contribution < -0.4 is 11.2 Å². The maximum absolute atomic E-state index is 12.3. The molecule has 0 amide bonds. The Bertz CT molecular complexity index is 1200. The Labute approximate surface area is 158 Å². The molecule has 0 atom stereocenters.